The Morgan fingerprint density at radius 2 is 2.13 bits per heavy atom. The van der Waals surface area contributed by atoms with Crippen LogP contribution in [0.15, 0.2) is 6.20 Å². The second kappa shape index (κ2) is 8.64. The van der Waals surface area contributed by atoms with Gasteiger partial charge in [-0.25, -0.2) is 4.68 Å². The summed E-state index contributed by atoms with van der Waals surface area (Å²) in [5.41, 5.74) is 0.447. The van der Waals surface area contributed by atoms with E-state index in [1.807, 2.05) is 4.68 Å². The molecule has 0 bridgehead atoms. The van der Waals surface area contributed by atoms with Gasteiger partial charge >= 0.3 is 0 Å². The fraction of sp³-hybridized carbons (Fsp3) is 0.812. The molecule has 0 aromatic carbocycles. The van der Waals surface area contributed by atoms with Gasteiger partial charge in [-0.3, -0.25) is 4.79 Å². The first kappa shape index (κ1) is 18.2. The highest BCUT2D eigenvalue weighted by Crippen LogP contribution is 2.27. The van der Waals surface area contributed by atoms with E-state index in [9.17, 15) is 4.79 Å². The van der Waals surface area contributed by atoms with E-state index in [1.54, 1.807) is 6.20 Å². The third-order valence-electron chi connectivity index (χ3n) is 5.02. The number of nitrogens with one attached hydrogen (secondary N) is 2. The number of hydrogen-bond acceptors (Lipinski definition) is 4. The molecule has 2 heterocycles. The molecule has 23 heavy (non-hydrogen) atoms. The molecule has 1 saturated carbocycles. The van der Waals surface area contributed by atoms with E-state index >= 15 is 0 Å². The van der Waals surface area contributed by atoms with Crippen LogP contribution in [0.3, 0.4) is 0 Å². The van der Waals surface area contributed by atoms with Crippen molar-refractivity contribution in [2.24, 2.45) is 11.8 Å². The lowest BCUT2D eigenvalue weighted by Gasteiger charge is -2.26. The molecule has 1 aromatic rings. The van der Waals surface area contributed by atoms with Crippen molar-refractivity contribution >= 4 is 18.3 Å². The topological polar surface area (TPSA) is 71.8 Å². The summed E-state index contributed by atoms with van der Waals surface area (Å²) < 4.78 is 1.86. The minimum Gasteiger partial charge on any atom is -0.350 e. The fourth-order valence-corrected chi connectivity index (χ4v) is 3.70. The van der Waals surface area contributed by atoms with Gasteiger partial charge in [-0.2, -0.15) is 0 Å². The summed E-state index contributed by atoms with van der Waals surface area (Å²) in [6.07, 6.45) is 8.96. The molecule has 1 aromatic heterocycles. The predicted octanol–water partition coefficient (Wildman–Crippen LogP) is 2.18. The average Bonchev–Trinajstić information content (AvgIpc) is 3.04. The van der Waals surface area contributed by atoms with Gasteiger partial charge in [0.2, 0.25) is 0 Å². The van der Waals surface area contributed by atoms with Crippen LogP contribution in [-0.2, 0) is 0 Å². The molecule has 6 nitrogen and oxygen atoms in total. The van der Waals surface area contributed by atoms with Crippen LogP contribution in [0.25, 0.3) is 0 Å². The zero-order valence-corrected chi connectivity index (χ0v) is 14.6. The maximum absolute atomic E-state index is 12.2. The maximum Gasteiger partial charge on any atom is 0.273 e. The van der Waals surface area contributed by atoms with Gasteiger partial charge < -0.3 is 10.6 Å². The molecule has 7 heteroatoms. The van der Waals surface area contributed by atoms with Crippen molar-refractivity contribution in [1.82, 2.24) is 25.6 Å². The zero-order valence-electron chi connectivity index (χ0n) is 13.8. The molecule has 1 aliphatic carbocycles. The van der Waals surface area contributed by atoms with Crippen molar-refractivity contribution in [3.8, 4) is 0 Å². The fourth-order valence-electron chi connectivity index (χ4n) is 3.70. The van der Waals surface area contributed by atoms with Gasteiger partial charge in [0.1, 0.15) is 0 Å². The Morgan fingerprint density at radius 3 is 2.87 bits per heavy atom. The molecule has 2 aliphatic rings. The molecule has 2 fully saturated rings. The number of aromatic nitrogens is 3. The molecule has 0 radical (unpaired) electrons. The van der Waals surface area contributed by atoms with Crippen molar-refractivity contribution in [3.05, 3.63) is 11.9 Å². The second-order valence-corrected chi connectivity index (χ2v) is 6.91. The van der Waals surface area contributed by atoms with Crippen LogP contribution in [0, 0.1) is 11.8 Å². The van der Waals surface area contributed by atoms with E-state index < -0.39 is 0 Å². The molecule has 2 atom stereocenters. The monoisotopic (exact) mass is 341 g/mol. The van der Waals surface area contributed by atoms with Gasteiger partial charge in [0.15, 0.2) is 5.69 Å². The molecule has 2 N–H and O–H groups in total. The highest BCUT2D eigenvalue weighted by Gasteiger charge is 2.21. The van der Waals surface area contributed by atoms with Crippen LogP contribution < -0.4 is 10.6 Å². The highest BCUT2D eigenvalue weighted by molar-refractivity contribution is 5.91. The molecule has 130 valence electrons. The standard InChI is InChI=1S/C16H27N5O.ClH/c1-12-3-2-4-13(9-12)10-18-16(22)15-11-21(20-19-15)14-5-7-17-8-6-14;/h11-14,17H,2-10H2,1H3,(H,18,22);1H. The molecule has 1 aliphatic heterocycles. The smallest absolute Gasteiger partial charge is 0.273 e. The molecular formula is C16H28ClN5O. The van der Waals surface area contributed by atoms with E-state index in [-0.39, 0.29) is 18.3 Å². The van der Waals surface area contributed by atoms with Gasteiger partial charge in [-0.05, 0) is 50.6 Å². The van der Waals surface area contributed by atoms with Gasteiger partial charge in [-0.15, -0.1) is 17.5 Å². The summed E-state index contributed by atoms with van der Waals surface area (Å²) in [6, 6.07) is 0.370. The Balaban J connectivity index is 0.00000192. The Bertz CT molecular complexity index is 500. The van der Waals surface area contributed by atoms with E-state index in [0.717, 1.165) is 38.4 Å². The summed E-state index contributed by atoms with van der Waals surface area (Å²) in [6.45, 7) is 5.08. The Labute approximate surface area is 144 Å². The van der Waals surface area contributed by atoms with E-state index in [0.29, 0.717) is 17.7 Å². The third kappa shape index (κ3) is 4.91. The summed E-state index contributed by atoms with van der Waals surface area (Å²) in [5, 5.41) is 14.6. The molecule has 1 amide bonds. The largest absolute Gasteiger partial charge is 0.350 e. The Hall–Kier alpha value is -1.14. The lowest BCUT2D eigenvalue weighted by atomic mass is 9.82. The van der Waals surface area contributed by atoms with Gasteiger partial charge in [0.25, 0.3) is 5.91 Å². The number of amides is 1. The van der Waals surface area contributed by atoms with Gasteiger partial charge in [0, 0.05) is 6.54 Å². The molecule has 2 unspecified atom stereocenters. The van der Waals surface area contributed by atoms with Crippen LogP contribution in [0.1, 0.15) is 62.0 Å². The van der Waals surface area contributed by atoms with Crippen molar-refractivity contribution in [2.75, 3.05) is 19.6 Å². The number of carbonyl (C=O) groups excluding carboxylic acids is 1. The number of carbonyl (C=O) groups is 1. The lowest BCUT2D eigenvalue weighted by molar-refractivity contribution is 0.0935. The van der Waals surface area contributed by atoms with Crippen molar-refractivity contribution in [1.29, 1.82) is 0 Å². The highest BCUT2D eigenvalue weighted by atomic mass is 35.5. The number of hydrogen-bond donors (Lipinski definition) is 2. The van der Waals surface area contributed by atoms with Gasteiger partial charge in [0.05, 0.1) is 12.2 Å². The first-order valence-corrected chi connectivity index (χ1v) is 8.63. The second-order valence-electron chi connectivity index (χ2n) is 6.91. The van der Waals surface area contributed by atoms with E-state index in [2.05, 4.69) is 27.9 Å². The minimum absolute atomic E-state index is 0. The van der Waals surface area contributed by atoms with Crippen molar-refractivity contribution < 1.29 is 4.79 Å². The molecular weight excluding hydrogens is 314 g/mol. The Morgan fingerprint density at radius 1 is 1.35 bits per heavy atom. The summed E-state index contributed by atoms with van der Waals surface area (Å²) in [7, 11) is 0. The van der Waals surface area contributed by atoms with Crippen LogP contribution in [-0.4, -0.2) is 40.5 Å². The van der Waals surface area contributed by atoms with Crippen molar-refractivity contribution in [3.63, 3.8) is 0 Å². The number of rotatable bonds is 4. The first-order chi connectivity index (χ1) is 10.7. The summed E-state index contributed by atoms with van der Waals surface area (Å²) in [5.74, 6) is 1.32. The van der Waals surface area contributed by atoms with Crippen LogP contribution >= 0.6 is 12.4 Å². The molecule has 0 spiro atoms. The van der Waals surface area contributed by atoms with Crippen LogP contribution in [0.2, 0.25) is 0 Å². The maximum atomic E-state index is 12.2. The lowest BCUT2D eigenvalue weighted by Crippen LogP contribution is -2.31. The normalized spacial score (nSPS) is 25.6. The predicted molar refractivity (Wildman–Crippen MR) is 91.9 cm³/mol. The van der Waals surface area contributed by atoms with E-state index in [1.165, 1.54) is 25.7 Å². The molecule has 1 saturated heterocycles. The summed E-state index contributed by atoms with van der Waals surface area (Å²) >= 11 is 0. The number of halogens is 1. The minimum atomic E-state index is -0.0848. The van der Waals surface area contributed by atoms with E-state index in [4.69, 9.17) is 0 Å². The Kier molecular flexibility index (Phi) is 6.84. The average molecular weight is 342 g/mol. The number of nitrogens with zero attached hydrogens (tertiary/aromatic N) is 3. The van der Waals surface area contributed by atoms with Crippen LogP contribution in [0.4, 0.5) is 0 Å². The molecule has 3 rings (SSSR count). The SMILES string of the molecule is CC1CCCC(CNC(=O)c2cn(C3CCNCC3)nn2)C1.Cl. The first-order valence-electron chi connectivity index (χ1n) is 8.63. The summed E-state index contributed by atoms with van der Waals surface area (Å²) in [4.78, 5) is 12.2. The van der Waals surface area contributed by atoms with Crippen LogP contribution in [0.5, 0.6) is 0 Å². The zero-order chi connectivity index (χ0) is 15.4. The van der Waals surface area contributed by atoms with Crippen molar-refractivity contribution in [2.45, 2.75) is 51.5 Å². The third-order valence-corrected chi connectivity index (χ3v) is 5.02. The quantitative estimate of drug-likeness (QED) is 0.880. The number of piperidine rings is 1. The van der Waals surface area contributed by atoms with Gasteiger partial charge in [-0.1, -0.05) is 25.0 Å².